The van der Waals surface area contributed by atoms with Gasteiger partial charge in [-0.1, -0.05) is 6.92 Å². The number of hydrogen-bond acceptors (Lipinski definition) is 8. The van der Waals surface area contributed by atoms with Crippen LogP contribution in [0.15, 0.2) is 53.6 Å². The second-order valence-corrected chi connectivity index (χ2v) is 13.0. The van der Waals surface area contributed by atoms with Gasteiger partial charge in [-0.05, 0) is 75.4 Å². The molecule has 0 unspecified atom stereocenters. The van der Waals surface area contributed by atoms with Crippen LogP contribution in [0.4, 0.5) is 19.0 Å². The molecule has 2 aromatic heterocycles. The Morgan fingerprint density at radius 1 is 1.14 bits per heavy atom. The molecule has 0 radical (unpaired) electrons. The minimum absolute atomic E-state index is 0. The number of sulfonamides is 1. The Bertz CT molecular complexity index is 1570. The number of phenolic OH excluding ortho intramolecular Hbond substituents is 1. The number of halogens is 3. The van der Waals surface area contributed by atoms with Crippen LogP contribution in [0.25, 0.3) is 5.82 Å². The Morgan fingerprint density at radius 3 is 2.38 bits per heavy atom. The number of carbonyl (C=O) groups excluding carboxylic acids is 1. The summed E-state index contributed by atoms with van der Waals surface area (Å²) in [6.45, 7) is 6.08. The number of anilines is 1. The van der Waals surface area contributed by atoms with Gasteiger partial charge < -0.3 is 14.7 Å². The number of alkyl halides is 3. The zero-order valence-corrected chi connectivity index (χ0v) is 25.0. The maximum atomic E-state index is 13.3. The van der Waals surface area contributed by atoms with E-state index in [1.165, 1.54) is 53.3 Å². The van der Waals surface area contributed by atoms with Gasteiger partial charge in [0, 0.05) is 24.3 Å². The molecule has 0 spiro atoms. The lowest BCUT2D eigenvalue weighted by Crippen LogP contribution is -2.41. The molecule has 1 saturated carbocycles. The molecule has 2 aliphatic rings. The average Bonchev–Trinajstić information content (AvgIpc) is 3.46. The Labute approximate surface area is 248 Å². The topological polar surface area (TPSA) is 127 Å². The SMILES string of the molecule is C[C@@H]1CN(c2nc(-n3ccc(OCC4(C(F)(F)F)CC4)n3)ccc2C(=O)NS(=O)(=O)c2ccc(O)cc2)C(C)(C)C1.S. The van der Waals surface area contributed by atoms with E-state index in [-0.39, 0.29) is 66.0 Å². The van der Waals surface area contributed by atoms with Gasteiger partial charge in [0.25, 0.3) is 15.9 Å². The molecule has 1 amide bonds. The summed E-state index contributed by atoms with van der Waals surface area (Å²) in [6.07, 6.45) is -2.04. The standard InChI is InChI=1S/C27H30F3N5O5S.H2S/c1-17-14-25(2,3)34(15-17)23-20(24(37)33-41(38,39)19-6-4-18(36)5-7-19)8-9-21(31-23)35-13-10-22(32-35)40-16-26(11-12-26)27(28,29)30;/h4-10,13,17,36H,11-12,14-16H2,1-3H3,(H,33,37);1H2/t17-;/m0./s1. The van der Waals surface area contributed by atoms with Crippen molar-refractivity contribution < 1.29 is 36.2 Å². The molecule has 3 heterocycles. The van der Waals surface area contributed by atoms with Gasteiger partial charge in [0.05, 0.1) is 10.5 Å². The normalized spacial score (nSPS) is 19.2. The van der Waals surface area contributed by atoms with E-state index in [2.05, 4.69) is 21.7 Å². The smallest absolute Gasteiger partial charge is 0.397 e. The van der Waals surface area contributed by atoms with Gasteiger partial charge in [-0.15, -0.1) is 5.10 Å². The Balaban J connectivity index is 0.00000405. The van der Waals surface area contributed by atoms with Crippen molar-refractivity contribution in [3.63, 3.8) is 0 Å². The minimum Gasteiger partial charge on any atom is -0.508 e. The van der Waals surface area contributed by atoms with Crippen LogP contribution in [-0.2, 0) is 10.0 Å². The Morgan fingerprint density at radius 2 is 1.81 bits per heavy atom. The number of ether oxygens (including phenoxy) is 1. The van der Waals surface area contributed by atoms with Crippen molar-refractivity contribution in [3.8, 4) is 17.4 Å². The summed E-state index contributed by atoms with van der Waals surface area (Å²) >= 11 is 0. The molecule has 1 aliphatic heterocycles. The zero-order chi connectivity index (χ0) is 29.8. The highest BCUT2D eigenvalue weighted by molar-refractivity contribution is 7.90. The first-order valence-corrected chi connectivity index (χ1v) is 14.5. The van der Waals surface area contributed by atoms with Gasteiger partial charge >= 0.3 is 6.18 Å². The largest absolute Gasteiger partial charge is 0.508 e. The quantitative estimate of drug-likeness (QED) is 0.373. The van der Waals surface area contributed by atoms with Gasteiger partial charge in [0.1, 0.15) is 23.6 Å². The molecular weight excluding hydrogens is 595 g/mol. The summed E-state index contributed by atoms with van der Waals surface area (Å²) in [6, 6.07) is 9.08. The molecule has 42 heavy (non-hydrogen) atoms. The fourth-order valence-corrected chi connectivity index (χ4v) is 6.12. The third kappa shape index (κ3) is 6.16. The van der Waals surface area contributed by atoms with Crippen LogP contribution >= 0.6 is 13.5 Å². The predicted octanol–water partition coefficient (Wildman–Crippen LogP) is 4.55. The first kappa shape index (κ1) is 31.5. The highest BCUT2D eigenvalue weighted by atomic mass is 32.2. The Kier molecular flexibility index (Phi) is 8.23. The van der Waals surface area contributed by atoms with Crippen molar-refractivity contribution in [1.29, 1.82) is 0 Å². The number of carbonyl (C=O) groups is 1. The number of amides is 1. The first-order valence-electron chi connectivity index (χ1n) is 13.0. The number of rotatable bonds is 8. The van der Waals surface area contributed by atoms with E-state index in [1.807, 2.05) is 18.7 Å². The number of hydrogen-bond donors (Lipinski definition) is 2. The van der Waals surface area contributed by atoms with Crippen LogP contribution in [0, 0.1) is 11.3 Å². The maximum absolute atomic E-state index is 13.3. The van der Waals surface area contributed by atoms with Gasteiger partial charge in [0.15, 0.2) is 5.82 Å². The van der Waals surface area contributed by atoms with E-state index in [4.69, 9.17) is 4.74 Å². The fraction of sp³-hybridized carbons (Fsp3) is 0.444. The van der Waals surface area contributed by atoms with Crippen molar-refractivity contribution >= 4 is 35.2 Å². The minimum atomic E-state index is -4.35. The van der Waals surface area contributed by atoms with Gasteiger partial charge in [0.2, 0.25) is 5.88 Å². The van der Waals surface area contributed by atoms with E-state index in [0.29, 0.717) is 6.54 Å². The molecule has 2 fully saturated rings. The molecule has 3 aromatic rings. The summed E-state index contributed by atoms with van der Waals surface area (Å²) in [5.41, 5.74) is -2.23. The number of nitrogens with one attached hydrogen (secondary N) is 1. The lowest BCUT2D eigenvalue weighted by Gasteiger charge is -2.34. The van der Waals surface area contributed by atoms with Gasteiger partial charge in [-0.3, -0.25) is 4.79 Å². The molecule has 10 nitrogen and oxygen atoms in total. The van der Waals surface area contributed by atoms with Crippen molar-refractivity contribution in [2.75, 3.05) is 18.1 Å². The van der Waals surface area contributed by atoms with E-state index < -0.39 is 39.7 Å². The molecular formula is C27H32F3N5O5S2. The lowest BCUT2D eigenvalue weighted by molar-refractivity contribution is -0.194. The summed E-state index contributed by atoms with van der Waals surface area (Å²) in [5, 5.41) is 13.7. The molecule has 0 bridgehead atoms. The van der Waals surface area contributed by atoms with Crippen molar-refractivity contribution in [2.24, 2.45) is 11.3 Å². The molecule has 1 saturated heterocycles. The van der Waals surface area contributed by atoms with Gasteiger partial charge in [-0.25, -0.2) is 22.8 Å². The number of phenols is 1. The fourth-order valence-electron chi connectivity index (χ4n) is 5.15. The first-order chi connectivity index (χ1) is 19.1. The summed E-state index contributed by atoms with van der Waals surface area (Å²) in [5.74, 6) is -0.250. The number of pyridine rings is 1. The molecule has 2 N–H and O–H groups in total. The highest BCUT2D eigenvalue weighted by Crippen LogP contribution is 2.57. The van der Waals surface area contributed by atoms with Crippen LogP contribution in [0.3, 0.4) is 0 Å². The van der Waals surface area contributed by atoms with Crippen LogP contribution in [-0.4, -0.2) is 59.1 Å². The molecule has 228 valence electrons. The Hall–Kier alpha value is -3.46. The zero-order valence-electron chi connectivity index (χ0n) is 23.1. The van der Waals surface area contributed by atoms with Crippen molar-refractivity contribution in [3.05, 3.63) is 54.2 Å². The third-order valence-corrected chi connectivity index (χ3v) is 8.91. The summed E-state index contributed by atoms with van der Waals surface area (Å²) < 4.78 is 74.3. The summed E-state index contributed by atoms with van der Waals surface area (Å²) in [7, 11) is -4.26. The molecule has 1 aromatic carbocycles. The molecule has 15 heteroatoms. The molecule has 1 aliphatic carbocycles. The monoisotopic (exact) mass is 627 g/mol. The highest BCUT2D eigenvalue weighted by Gasteiger charge is 2.64. The van der Waals surface area contributed by atoms with Crippen LogP contribution < -0.4 is 14.4 Å². The second-order valence-electron chi connectivity index (χ2n) is 11.4. The number of nitrogens with zero attached hydrogens (tertiary/aromatic N) is 4. The second kappa shape index (κ2) is 11.0. The predicted molar refractivity (Wildman–Crippen MR) is 153 cm³/mol. The van der Waals surface area contributed by atoms with E-state index in [9.17, 15) is 31.5 Å². The van der Waals surface area contributed by atoms with Crippen LogP contribution in [0.5, 0.6) is 11.6 Å². The molecule has 1 atom stereocenters. The number of aromatic nitrogens is 3. The number of aromatic hydroxyl groups is 1. The van der Waals surface area contributed by atoms with E-state index >= 15 is 0 Å². The van der Waals surface area contributed by atoms with E-state index in [0.717, 1.165) is 6.42 Å². The van der Waals surface area contributed by atoms with Crippen LogP contribution in [0.2, 0.25) is 0 Å². The van der Waals surface area contributed by atoms with Crippen molar-refractivity contribution in [2.45, 2.75) is 56.6 Å². The van der Waals surface area contributed by atoms with Gasteiger partial charge in [-0.2, -0.15) is 26.7 Å². The lowest BCUT2D eigenvalue weighted by atomic mass is 9.97. The maximum Gasteiger partial charge on any atom is 0.397 e. The average molecular weight is 628 g/mol. The van der Waals surface area contributed by atoms with Crippen LogP contribution in [0.1, 0.15) is 50.4 Å². The molecule has 5 rings (SSSR count). The van der Waals surface area contributed by atoms with Crippen molar-refractivity contribution in [1.82, 2.24) is 19.5 Å². The number of benzene rings is 1. The summed E-state index contributed by atoms with van der Waals surface area (Å²) in [4.78, 5) is 19.7. The third-order valence-electron chi connectivity index (χ3n) is 7.56. The van der Waals surface area contributed by atoms with E-state index in [1.54, 1.807) is 0 Å².